The molecule has 2 heterocycles. The lowest BCUT2D eigenvalue weighted by molar-refractivity contribution is 0.564. The molecule has 0 amide bonds. The lowest BCUT2D eigenvalue weighted by Gasteiger charge is -2.31. The lowest BCUT2D eigenvalue weighted by atomic mass is 10.0. The Bertz CT molecular complexity index is 1130. The van der Waals surface area contributed by atoms with E-state index in [4.69, 9.17) is 11.6 Å². The largest absolute Gasteiger partial charge is 0.378 e. The molecular weight excluding hydrogens is 438 g/mol. The first-order valence-electron chi connectivity index (χ1n) is 9.72. The summed E-state index contributed by atoms with van der Waals surface area (Å²) in [6, 6.07) is 19.7. The van der Waals surface area contributed by atoms with Gasteiger partial charge in [-0.3, -0.25) is 0 Å². The van der Waals surface area contributed by atoms with Crippen molar-refractivity contribution in [2.75, 3.05) is 37.0 Å². The molecule has 0 bridgehead atoms. The molecule has 1 aliphatic heterocycles. The van der Waals surface area contributed by atoms with Crippen molar-refractivity contribution < 1.29 is 8.42 Å². The van der Waals surface area contributed by atoms with E-state index in [0.717, 1.165) is 41.2 Å². The highest BCUT2D eigenvalue weighted by molar-refractivity contribution is 7.91. The number of fused-ring (bicyclic) bond motifs is 1. The van der Waals surface area contributed by atoms with Crippen molar-refractivity contribution in [1.29, 1.82) is 0 Å². The van der Waals surface area contributed by atoms with E-state index < -0.39 is 10.0 Å². The van der Waals surface area contributed by atoms with E-state index in [1.165, 1.54) is 5.56 Å². The number of hydrogen-bond donors (Lipinski definition) is 1. The van der Waals surface area contributed by atoms with Gasteiger partial charge < -0.3 is 9.80 Å². The number of benzene rings is 2. The van der Waals surface area contributed by atoms with Crippen LogP contribution in [0, 0.1) is 0 Å². The van der Waals surface area contributed by atoms with Crippen molar-refractivity contribution in [3.63, 3.8) is 0 Å². The lowest BCUT2D eigenvalue weighted by Crippen LogP contribution is -2.37. The zero-order chi connectivity index (χ0) is 21.3. The zero-order valence-electron chi connectivity index (χ0n) is 16.9. The van der Waals surface area contributed by atoms with Crippen molar-refractivity contribution in [3.05, 3.63) is 76.1 Å². The van der Waals surface area contributed by atoms with Crippen LogP contribution in [0.5, 0.6) is 0 Å². The molecule has 1 atom stereocenters. The van der Waals surface area contributed by atoms with Gasteiger partial charge >= 0.3 is 0 Å². The maximum absolute atomic E-state index is 12.8. The van der Waals surface area contributed by atoms with Gasteiger partial charge in [0, 0.05) is 38.6 Å². The first kappa shape index (κ1) is 21.2. The van der Waals surface area contributed by atoms with Crippen LogP contribution in [-0.2, 0) is 16.4 Å². The second kappa shape index (κ2) is 8.59. The number of sulfonamides is 1. The maximum atomic E-state index is 12.8. The number of nitrogens with one attached hydrogen (secondary N) is 1. The minimum Gasteiger partial charge on any atom is -0.378 e. The topological polar surface area (TPSA) is 52.7 Å². The summed E-state index contributed by atoms with van der Waals surface area (Å²) in [7, 11) is 0.385. The monoisotopic (exact) mass is 461 g/mol. The molecule has 0 aliphatic carbocycles. The molecule has 8 heteroatoms. The van der Waals surface area contributed by atoms with Crippen LogP contribution in [0.2, 0.25) is 4.34 Å². The zero-order valence-corrected chi connectivity index (χ0v) is 19.3. The molecule has 0 saturated carbocycles. The van der Waals surface area contributed by atoms with Gasteiger partial charge in [0.25, 0.3) is 0 Å². The van der Waals surface area contributed by atoms with Gasteiger partial charge in [0.2, 0.25) is 10.0 Å². The van der Waals surface area contributed by atoms with Crippen molar-refractivity contribution in [3.8, 4) is 0 Å². The molecule has 1 aliphatic rings. The third-order valence-electron chi connectivity index (χ3n) is 5.37. The van der Waals surface area contributed by atoms with Gasteiger partial charge in [0.05, 0.1) is 10.4 Å². The fraction of sp³-hybridized carbons (Fsp3) is 0.273. The van der Waals surface area contributed by atoms with E-state index in [1.807, 2.05) is 31.1 Å². The minimum absolute atomic E-state index is 0.116. The Kier molecular flexibility index (Phi) is 6.06. The summed E-state index contributed by atoms with van der Waals surface area (Å²) in [4.78, 5) is 4.34. The molecule has 1 aromatic heterocycles. The standard InChI is InChI=1S/C22H24ClN3O2S2/c1-25(2)18-9-7-17(8-10-18)20(26-14-13-16-5-3-4-6-19(16)26)15-24-30(27,28)22-12-11-21(23)29-22/h3-12,20,24H,13-15H2,1-2H3. The predicted molar refractivity (Wildman–Crippen MR) is 126 cm³/mol. The Morgan fingerprint density at radius 1 is 1.10 bits per heavy atom. The Morgan fingerprint density at radius 2 is 1.83 bits per heavy atom. The first-order chi connectivity index (χ1) is 14.3. The van der Waals surface area contributed by atoms with Crippen LogP contribution in [0.1, 0.15) is 17.2 Å². The molecule has 0 radical (unpaired) electrons. The second-order valence-electron chi connectivity index (χ2n) is 7.48. The van der Waals surface area contributed by atoms with Crippen LogP contribution in [0.25, 0.3) is 0 Å². The normalized spacial score (nSPS) is 14.6. The number of nitrogens with zero attached hydrogens (tertiary/aromatic N) is 2. The highest BCUT2D eigenvalue weighted by Crippen LogP contribution is 2.35. The third kappa shape index (κ3) is 4.34. The average molecular weight is 462 g/mol. The summed E-state index contributed by atoms with van der Waals surface area (Å²) in [5.74, 6) is 0. The van der Waals surface area contributed by atoms with Gasteiger partial charge in [-0.25, -0.2) is 13.1 Å². The van der Waals surface area contributed by atoms with Gasteiger partial charge in [-0.1, -0.05) is 41.9 Å². The molecule has 4 rings (SSSR count). The molecule has 0 fully saturated rings. The second-order valence-corrected chi connectivity index (χ2v) is 11.2. The van der Waals surface area contributed by atoms with Gasteiger partial charge in [-0.2, -0.15) is 0 Å². The van der Waals surface area contributed by atoms with Gasteiger partial charge in [0.1, 0.15) is 4.21 Å². The molecule has 0 spiro atoms. The Morgan fingerprint density at radius 3 is 2.50 bits per heavy atom. The molecule has 158 valence electrons. The Labute approximate surface area is 187 Å². The summed E-state index contributed by atoms with van der Waals surface area (Å²) >= 11 is 7.00. The van der Waals surface area contributed by atoms with E-state index in [9.17, 15) is 8.42 Å². The fourth-order valence-electron chi connectivity index (χ4n) is 3.79. The van der Waals surface area contributed by atoms with E-state index in [-0.39, 0.29) is 16.8 Å². The summed E-state index contributed by atoms with van der Waals surface area (Å²) in [5.41, 5.74) is 4.63. The Hall–Kier alpha value is -2.06. The summed E-state index contributed by atoms with van der Waals surface area (Å²) in [6.07, 6.45) is 0.954. The molecule has 0 saturated heterocycles. The SMILES string of the molecule is CN(C)c1ccc(C(CNS(=O)(=O)c2ccc(Cl)s2)N2CCc3ccccc32)cc1. The van der Waals surface area contributed by atoms with E-state index in [2.05, 4.69) is 46.0 Å². The number of halogens is 1. The van der Waals surface area contributed by atoms with Crippen LogP contribution in [-0.4, -0.2) is 35.6 Å². The van der Waals surface area contributed by atoms with E-state index in [1.54, 1.807) is 12.1 Å². The molecule has 2 aromatic carbocycles. The van der Waals surface area contributed by atoms with Crippen molar-refractivity contribution in [1.82, 2.24) is 4.72 Å². The number of rotatable bonds is 7. The van der Waals surface area contributed by atoms with E-state index >= 15 is 0 Å². The number of thiophene rings is 1. The first-order valence-corrected chi connectivity index (χ1v) is 12.4. The van der Waals surface area contributed by atoms with Gasteiger partial charge in [-0.15, -0.1) is 11.3 Å². The van der Waals surface area contributed by atoms with Crippen LogP contribution in [0.15, 0.2) is 64.9 Å². The van der Waals surface area contributed by atoms with Crippen LogP contribution in [0.3, 0.4) is 0 Å². The quantitative estimate of drug-likeness (QED) is 0.560. The van der Waals surface area contributed by atoms with Crippen molar-refractivity contribution >= 4 is 44.3 Å². The molecular formula is C22H24ClN3O2S2. The average Bonchev–Trinajstić information content (AvgIpc) is 3.36. The van der Waals surface area contributed by atoms with Gasteiger partial charge in [-0.05, 0) is 47.9 Å². The Balaban J connectivity index is 1.64. The van der Waals surface area contributed by atoms with Gasteiger partial charge in [0.15, 0.2) is 0 Å². The number of para-hydroxylation sites is 1. The molecule has 5 nitrogen and oxygen atoms in total. The summed E-state index contributed by atoms with van der Waals surface area (Å²) < 4.78 is 29.1. The summed E-state index contributed by atoms with van der Waals surface area (Å²) in [6.45, 7) is 1.12. The number of anilines is 2. The molecule has 1 unspecified atom stereocenters. The van der Waals surface area contributed by atoms with Crippen molar-refractivity contribution in [2.24, 2.45) is 0 Å². The maximum Gasteiger partial charge on any atom is 0.250 e. The van der Waals surface area contributed by atoms with Crippen LogP contribution >= 0.6 is 22.9 Å². The highest BCUT2D eigenvalue weighted by atomic mass is 35.5. The third-order valence-corrected chi connectivity index (χ3v) is 8.52. The van der Waals surface area contributed by atoms with Crippen LogP contribution < -0.4 is 14.5 Å². The van der Waals surface area contributed by atoms with E-state index in [0.29, 0.717) is 4.34 Å². The minimum atomic E-state index is -3.62. The smallest absolute Gasteiger partial charge is 0.250 e. The highest BCUT2D eigenvalue weighted by Gasteiger charge is 2.29. The molecule has 3 aromatic rings. The molecule has 30 heavy (non-hydrogen) atoms. The number of hydrogen-bond acceptors (Lipinski definition) is 5. The van der Waals surface area contributed by atoms with Crippen LogP contribution in [0.4, 0.5) is 11.4 Å². The molecule has 1 N–H and O–H groups in total. The van der Waals surface area contributed by atoms with Crippen molar-refractivity contribution in [2.45, 2.75) is 16.7 Å². The fourth-order valence-corrected chi connectivity index (χ4v) is 6.36. The predicted octanol–water partition coefficient (Wildman–Crippen LogP) is 4.55. The summed E-state index contributed by atoms with van der Waals surface area (Å²) in [5, 5.41) is 0.